The Bertz CT molecular complexity index is 500. The van der Waals surface area contributed by atoms with Gasteiger partial charge in [0, 0.05) is 5.56 Å². The quantitative estimate of drug-likeness (QED) is 0.481. The van der Waals surface area contributed by atoms with E-state index in [1.807, 2.05) is 30.3 Å². The molecule has 0 unspecified atom stereocenters. The Morgan fingerprint density at radius 2 is 1.33 bits per heavy atom. The smallest absolute Gasteiger partial charge is 0.185 e. The third-order valence-electron chi connectivity index (χ3n) is 2.24. The second-order valence-electron chi connectivity index (χ2n) is 3.56. The number of nitrogens with two attached hydrogens (primary N) is 2. The molecule has 0 fully saturated rings. The number of rotatable bonds is 2. The molecule has 4 N–H and O–H groups in total. The van der Waals surface area contributed by atoms with Crippen LogP contribution in [0.3, 0.4) is 0 Å². The summed E-state index contributed by atoms with van der Waals surface area (Å²) in [6, 6.07) is 16.3. The average Bonchev–Trinajstić information content (AvgIpc) is 2.43. The van der Waals surface area contributed by atoms with Crippen LogP contribution in [0.15, 0.2) is 67.3 Å². The zero-order chi connectivity index (χ0) is 13.4. The molecule has 92 valence electrons. The maximum atomic E-state index is 10.9. The van der Waals surface area contributed by atoms with Gasteiger partial charge in [0.2, 0.25) is 0 Å². The lowest BCUT2D eigenvalue weighted by Crippen LogP contribution is -1.91. The van der Waals surface area contributed by atoms with Crippen LogP contribution in [-0.2, 0) is 0 Å². The fraction of sp³-hybridized carbons (Fsp3) is 0. The predicted octanol–water partition coefficient (Wildman–Crippen LogP) is 2.91. The highest BCUT2D eigenvalue weighted by molar-refractivity contribution is 6.04. The number of carbonyl (C=O) groups is 1. The van der Waals surface area contributed by atoms with Crippen molar-refractivity contribution in [2.75, 3.05) is 11.5 Å². The number of hydrogen-bond donors (Lipinski definition) is 2. The molecule has 2 aromatic rings. The Labute approximate surface area is 107 Å². The van der Waals surface area contributed by atoms with E-state index in [4.69, 9.17) is 11.5 Å². The summed E-state index contributed by atoms with van der Waals surface area (Å²) < 4.78 is 0. The van der Waals surface area contributed by atoms with Crippen LogP contribution >= 0.6 is 0 Å². The van der Waals surface area contributed by atoms with E-state index in [2.05, 4.69) is 6.58 Å². The molecule has 0 aliphatic rings. The molecule has 0 saturated carbocycles. The summed E-state index contributed by atoms with van der Waals surface area (Å²) in [6.45, 7) is 3.39. The van der Waals surface area contributed by atoms with E-state index >= 15 is 0 Å². The summed E-state index contributed by atoms with van der Waals surface area (Å²) in [7, 11) is 0. The summed E-state index contributed by atoms with van der Waals surface area (Å²) in [4.78, 5) is 10.9. The minimum absolute atomic E-state index is 0.0272. The molecule has 0 aliphatic carbocycles. The van der Waals surface area contributed by atoms with Crippen molar-refractivity contribution in [1.29, 1.82) is 0 Å². The molecule has 0 spiro atoms. The van der Waals surface area contributed by atoms with Crippen molar-refractivity contribution >= 4 is 17.2 Å². The van der Waals surface area contributed by atoms with Crippen LogP contribution in [-0.4, -0.2) is 5.78 Å². The molecule has 2 rings (SSSR count). The molecule has 2 aromatic carbocycles. The minimum atomic E-state index is -0.0272. The summed E-state index contributed by atoms with van der Waals surface area (Å²) in [5.74, 6) is -0.0272. The van der Waals surface area contributed by atoms with Crippen molar-refractivity contribution in [1.82, 2.24) is 0 Å². The fourth-order valence-corrected chi connectivity index (χ4v) is 1.23. The first-order chi connectivity index (χ1) is 8.65. The van der Waals surface area contributed by atoms with Crippen LogP contribution < -0.4 is 11.5 Å². The summed E-state index contributed by atoms with van der Waals surface area (Å²) in [5, 5.41) is 0. The normalized spacial score (nSPS) is 8.89. The van der Waals surface area contributed by atoms with Gasteiger partial charge in [-0.1, -0.05) is 49.0 Å². The first-order valence-electron chi connectivity index (χ1n) is 5.47. The highest BCUT2D eigenvalue weighted by Gasteiger charge is 1.95. The number of ketones is 1. The molecule has 18 heavy (non-hydrogen) atoms. The van der Waals surface area contributed by atoms with Crippen LogP contribution in [0.25, 0.3) is 0 Å². The molecule has 3 nitrogen and oxygen atoms in total. The zero-order valence-electron chi connectivity index (χ0n) is 10.0. The van der Waals surface area contributed by atoms with Crippen molar-refractivity contribution in [2.24, 2.45) is 0 Å². The lowest BCUT2D eigenvalue weighted by atomic mass is 10.1. The summed E-state index contributed by atoms with van der Waals surface area (Å²) in [5.41, 5.74) is 12.8. The van der Waals surface area contributed by atoms with Gasteiger partial charge in [-0.25, -0.2) is 0 Å². The van der Waals surface area contributed by atoms with Gasteiger partial charge in [-0.3, -0.25) is 4.79 Å². The highest BCUT2D eigenvalue weighted by Crippen LogP contribution is 2.10. The van der Waals surface area contributed by atoms with E-state index in [-0.39, 0.29) is 5.78 Å². The van der Waals surface area contributed by atoms with Crippen molar-refractivity contribution in [3.63, 3.8) is 0 Å². The summed E-state index contributed by atoms with van der Waals surface area (Å²) in [6.07, 6.45) is 1.31. The van der Waals surface area contributed by atoms with Gasteiger partial charge in [0.15, 0.2) is 5.78 Å². The molecule has 0 saturated heterocycles. The van der Waals surface area contributed by atoms with Gasteiger partial charge in [-0.15, -0.1) is 0 Å². The van der Waals surface area contributed by atoms with E-state index in [0.29, 0.717) is 16.9 Å². The molecular formula is C15H16N2O. The Kier molecular flexibility index (Phi) is 5.19. The van der Waals surface area contributed by atoms with E-state index in [9.17, 15) is 4.79 Å². The van der Waals surface area contributed by atoms with E-state index < -0.39 is 0 Å². The van der Waals surface area contributed by atoms with Crippen molar-refractivity contribution < 1.29 is 4.79 Å². The molecule has 0 heterocycles. The number of anilines is 2. The zero-order valence-corrected chi connectivity index (χ0v) is 10.0. The predicted molar refractivity (Wildman–Crippen MR) is 76.2 cm³/mol. The fourth-order valence-electron chi connectivity index (χ4n) is 1.23. The molecule has 0 atom stereocenters. The Hall–Kier alpha value is -2.55. The van der Waals surface area contributed by atoms with Crippen molar-refractivity contribution in [3.05, 3.63) is 72.8 Å². The number of hydrogen-bond acceptors (Lipinski definition) is 3. The highest BCUT2D eigenvalue weighted by atomic mass is 16.1. The number of para-hydroxylation sites is 2. The molecule has 0 radical (unpaired) electrons. The van der Waals surface area contributed by atoms with E-state index in [0.717, 1.165) is 0 Å². The van der Waals surface area contributed by atoms with Gasteiger partial charge in [-0.05, 0) is 18.2 Å². The lowest BCUT2D eigenvalue weighted by Gasteiger charge is -1.94. The second-order valence-corrected chi connectivity index (χ2v) is 3.56. The SMILES string of the molecule is C=CC(=O)c1ccccc1.Nc1ccccc1N. The molecule has 3 heteroatoms. The summed E-state index contributed by atoms with van der Waals surface area (Å²) >= 11 is 0. The van der Waals surface area contributed by atoms with Gasteiger partial charge in [0.05, 0.1) is 11.4 Å². The third kappa shape index (κ3) is 4.14. The van der Waals surface area contributed by atoms with Crippen molar-refractivity contribution in [3.8, 4) is 0 Å². The van der Waals surface area contributed by atoms with Crippen LogP contribution in [0, 0.1) is 0 Å². The number of allylic oxidation sites excluding steroid dienone is 1. The Morgan fingerprint density at radius 3 is 1.72 bits per heavy atom. The van der Waals surface area contributed by atoms with Gasteiger partial charge < -0.3 is 11.5 Å². The average molecular weight is 240 g/mol. The monoisotopic (exact) mass is 240 g/mol. The number of nitrogen functional groups attached to an aromatic ring is 2. The maximum absolute atomic E-state index is 10.9. The lowest BCUT2D eigenvalue weighted by molar-refractivity contribution is 0.104. The second kappa shape index (κ2) is 6.91. The molecular weight excluding hydrogens is 224 g/mol. The first-order valence-corrected chi connectivity index (χ1v) is 5.47. The van der Waals surface area contributed by atoms with Crippen LogP contribution in [0.5, 0.6) is 0 Å². The van der Waals surface area contributed by atoms with E-state index in [1.54, 1.807) is 24.3 Å². The van der Waals surface area contributed by atoms with Gasteiger partial charge in [-0.2, -0.15) is 0 Å². The molecule has 0 aliphatic heterocycles. The maximum Gasteiger partial charge on any atom is 0.185 e. The van der Waals surface area contributed by atoms with Crippen LogP contribution in [0.4, 0.5) is 11.4 Å². The third-order valence-corrected chi connectivity index (χ3v) is 2.24. The van der Waals surface area contributed by atoms with Gasteiger partial charge in [0.1, 0.15) is 0 Å². The molecule has 0 aromatic heterocycles. The van der Waals surface area contributed by atoms with Gasteiger partial charge in [0.25, 0.3) is 0 Å². The van der Waals surface area contributed by atoms with Crippen molar-refractivity contribution in [2.45, 2.75) is 0 Å². The Balaban J connectivity index is 0.000000184. The van der Waals surface area contributed by atoms with E-state index in [1.165, 1.54) is 6.08 Å². The Morgan fingerprint density at radius 1 is 0.889 bits per heavy atom. The molecule has 0 amide bonds. The largest absolute Gasteiger partial charge is 0.397 e. The van der Waals surface area contributed by atoms with Gasteiger partial charge >= 0.3 is 0 Å². The minimum Gasteiger partial charge on any atom is -0.397 e. The van der Waals surface area contributed by atoms with Crippen LogP contribution in [0.1, 0.15) is 10.4 Å². The number of carbonyl (C=O) groups excluding carboxylic acids is 1. The standard InChI is InChI=1S/C9H8O.C6H8N2/c1-2-9(10)8-6-4-3-5-7-8;7-5-3-1-2-4-6(5)8/h2-7H,1H2;1-4H,7-8H2. The van der Waals surface area contributed by atoms with Crippen LogP contribution in [0.2, 0.25) is 0 Å². The molecule has 0 bridgehead atoms. The first kappa shape index (κ1) is 13.5. The number of benzene rings is 2. The topological polar surface area (TPSA) is 69.1 Å².